The van der Waals surface area contributed by atoms with Crippen molar-refractivity contribution in [1.29, 1.82) is 0 Å². The maximum Gasteiger partial charge on any atom is 0.320 e. The molecular formula is C9H13NO5S. The number of sulfone groups is 1. The first-order chi connectivity index (χ1) is 7.35. The van der Waals surface area contributed by atoms with Crippen molar-refractivity contribution in [2.75, 3.05) is 12.9 Å². The smallest absolute Gasteiger partial charge is 0.320 e. The Morgan fingerprint density at radius 1 is 1.44 bits per heavy atom. The molecule has 0 N–H and O–H groups in total. The summed E-state index contributed by atoms with van der Waals surface area (Å²) in [5, 5.41) is 3.64. The van der Waals surface area contributed by atoms with Crippen LogP contribution in [-0.4, -0.2) is 32.4 Å². The summed E-state index contributed by atoms with van der Waals surface area (Å²) in [5.74, 6) is -1.21. The molecule has 0 radical (unpaired) electrons. The molecule has 0 saturated carbocycles. The minimum Gasteiger partial charge on any atom is -0.468 e. The van der Waals surface area contributed by atoms with Gasteiger partial charge in [-0.05, 0) is 13.8 Å². The minimum atomic E-state index is -3.54. The summed E-state index contributed by atoms with van der Waals surface area (Å²) >= 11 is 0. The van der Waals surface area contributed by atoms with Gasteiger partial charge < -0.3 is 9.26 Å². The van der Waals surface area contributed by atoms with Crippen molar-refractivity contribution in [2.45, 2.75) is 19.6 Å². The van der Waals surface area contributed by atoms with E-state index < -0.39 is 21.6 Å². The third-order valence-electron chi connectivity index (χ3n) is 2.11. The van der Waals surface area contributed by atoms with E-state index in [1.54, 1.807) is 13.8 Å². The van der Waals surface area contributed by atoms with Crippen molar-refractivity contribution in [1.82, 2.24) is 5.16 Å². The number of carbonyl (C=O) groups excluding carboxylic acids is 1. The number of aromatic nitrogens is 1. The Kier molecular flexibility index (Phi) is 3.69. The van der Waals surface area contributed by atoms with Crippen LogP contribution in [-0.2, 0) is 25.1 Å². The van der Waals surface area contributed by atoms with Crippen molar-refractivity contribution >= 4 is 15.8 Å². The van der Waals surface area contributed by atoms with Gasteiger partial charge in [-0.15, -0.1) is 0 Å². The molecule has 0 aliphatic rings. The summed E-state index contributed by atoms with van der Waals surface area (Å²) in [6, 6.07) is 0. The van der Waals surface area contributed by atoms with Gasteiger partial charge in [0.25, 0.3) is 0 Å². The molecule has 7 heteroatoms. The molecule has 1 heterocycles. The van der Waals surface area contributed by atoms with Crippen molar-refractivity contribution in [3.05, 3.63) is 17.0 Å². The molecule has 6 nitrogen and oxygen atoms in total. The first-order valence-corrected chi connectivity index (χ1v) is 6.37. The molecule has 90 valence electrons. The van der Waals surface area contributed by atoms with Gasteiger partial charge in [0.1, 0.15) is 11.5 Å². The normalized spacial score (nSPS) is 11.4. The lowest BCUT2D eigenvalue weighted by atomic mass is 10.2. The predicted molar refractivity (Wildman–Crippen MR) is 55.5 cm³/mol. The Morgan fingerprint density at radius 3 is 2.50 bits per heavy atom. The van der Waals surface area contributed by atoms with E-state index in [0.29, 0.717) is 17.0 Å². The Hall–Kier alpha value is -1.37. The zero-order valence-electron chi connectivity index (χ0n) is 9.31. The number of aryl methyl sites for hydroxylation is 2. The number of ether oxygens (including phenoxy) is 1. The zero-order chi connectivity index (χ0) is 12.3. The fourth-order valence-corrected chi connectivity index (χ4v) is 2.65. The highest BCUT2D eigenvalue weighted by Crippen LogP contribution is 2.16. The second-order valence-electron chi connectivity index (χ2n) is 3.41. The Labute approximate surface area is 93.5 Å². The van der Waals surface area contributed by atoms with E-state index in [1.165, 1.54) is 0 Å². The summed E-state index contributed by atoms with van der Waals surface area (Å²) in [6.45, 7) is 3.28. The minimum absolute atomic E-state index is 0.261. The fraction of sp³-hybridized carbons (Fsp3) is 0.556. The molecule has 0 saturated heterocycles. The molecule has 0 bridgehead atoms. The van der Waals surface area contributed by atoms with E-state index in [9.17, 15) is 13.2 Å². The summed E-state index contributed by atoms with van der Waals surface area (Å²) < 4.78 is 32.4. The van der Waals surface area contributed by atoms with Gasteiger partial charge in [0.15, 0.2) is 9.84 Å². The number of esters is 1. The van der Waals surface area contributed by atoms with Crippen LogP contribution in [0.2, 0.25) is 0 Å². The Morgan fingerprint density at radius 2 is 2.06 bits per heavy atom. The van der Waals surface area contributed by atoms with E-state index in [4.69, 9.17) is 4.52 Å². The largest absolute Gasteiger partial charge is 0.468 e. The van der Waals surface area contributed by atoms with Crippen molar-refractivity contribution in [2.24, 2.45) is 0 Å². The molecule has 0 unspecified atom stereocenters. The lowest BCUT2D eigenvalue weighted by Crippen LogP contribution is -2.19. The molecule has 0 fully saturated rings. The highest BCUT2D eigenvalue weighted by atomic mass is 32.2. The second kappa shape index (κ2) is 4.65. The predicted octanol–water partition coefficient (Wildman–Crippen LogP) is 0.379. The molecular weight excluding hydrogens is 234 g/mol. The van der Waals surface area contributed by atoms with Crippen LogP contribution in [0.4, 0.5) is 0 Å². The monoisotopic (exact) mass is 247 g/mol. The quantitative estimate of drug-likeness (QED) is 0.715. The maximum absolute atomic E-state index is 11.6. The number of hydrogen-bond acceptors (Lipinski definition) is 6. The van der Waals surface area contributed by atoms with Crippen LogP contribution >= 0.6 is 0 Å². The highest BCUT2D eigenvalue weighted by molar-refractivity contribution is 7.91. The second-order valence-corrected chi connectivity index (χ2v) is 5.48. The van der Waals surface area contributed by atoms with Crippen LogP contribution < -0.4 is 0 Å². The van der Waals surface area contributed by atoms with Crippen molar-refractivity contribution in [3.8, 4) is 0 Å². The SMILES string of the molecule is COC(=O)CS(=O)(=O)Cc1c(C)noc1C. The number of nitrogens with zero attached hydrogens (tertiary/aromatic N) is 1. The van der Waals surface area contributed by atoms with Crippen LogP contribution in [0, 0.1) is 13.8 Å². The molecule has 1 aromatic heterocycles. The van der Waals surface area contributed by atoms with Crippen molar-refractivity contribution in [3.63, 3.8) is 0 Å². The summed E-state index contributed by atoms with van der Waals surface area (Å²) in [4.78, 5) is 10.9. The van der Waals surface area contributed by atoms with Gasteiger partial charge >= 0.3 is 5.97 Å². The fourth-order valence-electron chi connectivity index (χ4n) is 1.22. The lowest BCUT2D eigenvalue weighted by molar-refractivity contribution is -0.137. The number of rotatable bonds is 4. The van der Waals surface area contributed by atoms with E-state index in [0.717, 1.165) is 7.11 Å². The lowest BCUT2D eigenvalue weighted by Gasteiger charge is -2.02. The van der Waals surface area contributed by atoms with E-state index in [1.807, 2.05) is 0 Å². The van der Waals surface area contributed by atoms with Crippen LogP contribution in [0.15, 0.2) is 4.52 Å². The molecule has 0 aliphatic carbocycles. The summed E-state index contributed by atoms with van der Waals surface area (Å²) in [7, 11) is -2.39. The van der Waals surface area contributed by atoms with E-state index in [2.05, 4.69) is 9.89 Å². The number of carbonyl (C=O) groups is 1. The van der Waals surface area contributed by atoms with Gasteiger partial charge in [0, 0.05) is 5.56 Å². The topological polar surface area (TPSA) is 86.5 Å². The van der Waals surface area contributed by atoms with Gasteiger partial charge in [-0.1, -0.05) is 5.16 Å². The summed E-state index contributed by atoms with van der Waals surface area (Å²) in [5.41, 5.74) is 1.02. The maximum atomic E-state index is 11.6. The molecule has 16 heavy (non-hydrogen) atoms. The van der Waals surface area contributed by atoms with Gasteiger partial charge in [-0.3, -0.25) is 4.79 Å². The van der Waals surface area contributed by atoms with Crippen molar-refractivity contribution < 1.29 is 22.5 Å². The molecule has 1 aromatic rings. The van der Waals surface area contributed by atoms with Gasteiger partial charge in [0.2, 0.25) is 0 Å². The third kappa shape index (κ3) is 3.06. The standard InChI is InChI=1S/C9H13NO5S/c1-6-8(7(2)15-10-6)4-16(12,13)5-9(11)14-3/h4-5H2,1-3H3. The van der Waals surface area contributed by atoms with Gasteiger partial charge in [-0.25, -0.2) is 8.42 Å². The number of methoxy groups -OCH3 is 1. The molecule has 1 rings (SSSR count). The van der Waals surface area contributed by atoms with E-state index in [-0.39, 0.29) is 5.75 Å². The number of hydrogen-bond donors (Lipinski definition) is 0. The van der Waals surface area contributed by atoms with E-state index >= 15 is 0 Å². The van der Waals surface area contributed by atoms with Gasteiger partial charge in [-0.2, -0.15) is 0 Å². The van der Waals surface area contributed by atoms with Crippen LogP contribution in [0.5, 0.6) is 0 Å². The molecule has 0 atom stereocenters. The third-order valence-corrected chi connectivity index (χ3v) is 3.51. The highest BCUT2D eigenvalue weighted by Gasteiger charge is 2.22. The molecule has 0 spiro atoms. The zero-order valence-corrected chi connectivity index (χ0v) is 10.1. The van der Waals surface area contributed by atoms with Crippen LogP contribution in [0.3, 0.4) is 0 Å². The first kappa shape index (κ1) is 12.7. The van der Waals surface area contributed by atoms with Crippen LogP contribution in [0.1, 0.15) is 17.0 Å². The molecule has 0 amide bonds. The Balaban J connectivity index is 2.85. The van der Waals surface area contributed by atoms with Crippen LogP contribution in [0.25, 0.3) is 0 Å². The average molecular weight is 247 g/mol. The molecule has 0 aliphatic heterocycles. The first-order valence-electron chi connectivity index (χ1n) is 4.54. The Bertz CT molecular complexity index is 468. The summed E-state index contributed by atoms with van der Waals surface area (Å²) in [6.07, 6.45) is 0. The van der Waals surface area contributed by atoms with Gasteiger partial charge in [0.05, 0.1) is 18.6 Å². The average Bonchev–Trinajstić information content (AvgIpc) is 2.48. The molecule has 0 aromatic carbocycles.